The van der Waals surface area contributed by atoms with E-state index in [4.69, 9.17) is 25.3 Å². The van der Waals surface area contributed by atoms with Crippen molar-refractivity contribution in [2.24, 2.45) is 0 Å². The van der Waals surface area contributed by atoms with Gasteiger partial charge in [0.05, 0.1) is 11.1 Å². The average Bonchev–Trinajstić information content (AvgIpc) is 2.43. The third-order valence-electron chi connectivity index (χ3n) is 2.36. The Labute approximate surface area is 129 Å². The Bertz CT molecular complexity index is 616. The van der Waals surface area contributed by atoms with Crippen molar-refractivity contribution in [2.75, 3.05) is 12.5 Å². The second-order valence-electron chi connectivity index (χ2n) is 4.48. The van der Waals surface area contributed by atoms with Gasteiger partial charge >= 0.3 is 0 Å². The van der Waals surface area contributed by atoms with Crippen LogP contribution in [0, 0.1) is 0 Å². The Balaban J connectivity index is 2.81. The van der Waals surface area contributed by atoms with Gasteiger partial charge in [0.25, 0.3) is 17.5 Å². The van der Waals surface area contributed by atoms with Crippen LogP contribution >= 0.6 is 19.0 Å². The highest BCUT2D eigenvalue weighted by atomic mass is 35.5. The highest BCUT2D eigenvalue weighted by Crippen LogP contribution is 2.47. The third-order valence-corrected chi connectivity index (χ3v) is 6.15. The molecule has 1 atom stereocenters. The molecule has 9 heteroatoms. The molecule has 0 amide bonds. The van der Waals surface area contributed by atoms with Gasteiger partial charge < -0.3 is 0 Å². The number of hydrogen-bond donors (Lipinski definition) is 0. The van der Waals surface area contributed by atoms with Crippen LogP contribution in [0.4, 0.5) is 0 Å². The molecule has 1 rings (SSSR count). The molecule has 1 aromatic carbocycles. The minimum absolute atomic E-state index is 0.0307. The molecule has 21 heavy (non-hydrogen) atoms. The second kappa shape index (κ2) is 7.72. The molecular formula is C12H18ClO6PS. The lowest BCUT2D eigenvalue weighted by Gasteiger charge is -2.17. The van der Waals surface area contributed by atoms with Crippen molar-refractivity contribution in [3.8, 4) is 0 Å². The van der Waals surface area contributed by atoms with Gasteiger partial charge in [-0.05, 0) is 26.0 Å². The quantitative estimate of drug-likeness (QED) is 0.306. The van der Waals surface area contributed by atoms with E-state index in [1.807, 2.05) is 0 Å². The predicted octanol–water partition coefficient (Wildman–Crippen LogP) is 3.66. The Morgan fingerprint density at radius 3 is 2.43 bits per heavy atom. The zero-order valence-electron chi connectivity index (χ0n) is 12.0. The summed E-state index contributed by atoms with van der Waals surface area (Å²) in [6.07, 6.45) is -0.827. The summed E-state index contributed by atoms with van der Waals surface area (Å²) in [6, 6.07) is 5.84. The molecule has 0 spiro atoms. The molecule has 0 fully saturated rings. The average molecular weight is 357 g/mol. The van der Waals surface area contributed by atoms with E-state index in [9.17, 15) is 13.0 Å². The molecule has 1 aromatic rings. The van der Waals surface area contributed by atoms with Crippen LogP contribution in [0.1, 0.15) is 20.8 Å². The Hall–Kier alpha value is -0.430. The minimum atomic E-state index is -4.11. The first-order valence-corrected chi connectivity index (χ1v) is 10.1. The molecule has 1 unspecified atom stereocenters. The fourth-order valence-electron chi connectivity index (χ4n) is 1.19. The van der Waals surface area contributed by atoms with Gasteiger partial charge in [-0.2, -0.15) is 13.1 Å². The van der Waals surface area contributed by atoms with Crippen molar-refractivity contribution in [1.82, 2.24) is 0 Å². The van der Waals surface area contributed by atoms with Crippen LogP contribution in [0.2, 0.25) is 5.02 Å². The number of benzene rings is 1. The molecule has 0 N–H and O–H groups in total. The van der Waals surface area contributed by atoms with Crippen molar-refractivity contribution < 1.29 is 26.7 Å². The van der Waals surface area contributed by atoms with Crippen LogP contribution in [0.3, 0.4) is 0 Å². The standard InChI is InChI=1S/C12H18ClO6PS/c1-4-20(14,19-18-10(2)3)9-17-21(15,16)12-8-6-5-7-11(12)13/h5-8,10H,4,9H2,1-3H3. The maximum Gasteiger partial charge on any atom is 0.298 e. The summed E-state index contributed by atoms with van der Waals surface area (Å²) in [5.74, 6) is 0. The molecule has 120 valence electrons. The molecular weight excluding hydrogens is 339 g/mol. The van der Waals surface area contributed by atoms with E-state index in [2.05, 4.69) is 0 Å². The minimum Gasteiger partial charge on any atom is -0.288 e. The summed E-state index contributed by atoms with van der Waals surface area (Å²) in [4.78, 5) is 4.65. The molecule has 0 radical (unpaired) electrons. The van der Waals surface area contributed by atoms with Crippen molar-refractivity contribution in [1.29, 1.82) is 0 Å². The number of hydrogen-bond acceptors (Lipinski definition) is 6. The van der Waals surface area contributed by atoms with Crippen LogP contribution in [-0.2, 0) is 28.4 Å². The van der Waals surface area contributed by atoms with E-state index in [0.29, 0.717) is 0 Å². The van der Waals surface area contributed by atoms with Gasteiger partial charge in [-0.3, -0.25) is 8.75 Å². The summed E-state index contributed by atoms with van der Waals surface area (Å²) in [5.41, 5.74) is 0. The van der Waals surface area contributed by atoms with Crippen LogP contribution in [-0.4, -0.2) is 27.0 Å². The molecule has 0 aliphatic carbocycles. The summed E-state index contributed by atoms with van der Waals surface area (Å²) < 4.78 is 46.0. The van der Waals surface area contributed by atoms with Crippen molar-refractivity contribution in [2.45, 2.75) is 31.8 Å². The Kier molecular flexibility index (Phi) is 6.84. The van der Waals surface area contributed by atoms with E-state index < -0.39 is 23.8 Å². The lowest BCUT2D eigenvalue weighted by Crippen LogP contribution is -2.12. The normalized spacial score (nSPS) is 15.1. The molecule has 0 bridgehead atoms. The first-order valence-electron chi connectivity index (χ1n) is 6.27. The Morgan fingerprint density at radius 1 is 1.29 bits per heavy atom. The summed E-state index contributed by atoms with van der Waals surface area (Å²) in [7, 11) is -7.47. The first kappa shape index (κ1) is 18.6. The SMILES string of the molecule is CCP(=O)(COS(=O)(=O)c1ccccc1Cl)OOC(C)C. The number of rotatable bonds is 8. The monoisotopic (exact) mass is 356 g/mol. The summed E-state index contributed by atoms with van der Waals surface area (Å²) in [6.45, 7) is 4.98. The van der Waals surface area contributed by atoms with Crippen molar-refractivity contribution in [3.63, 3.8) is 0 Å². The molecule has 0 saturated heterocycles. The van der Waals surface area contributed by atoms with Gasteiger partial charge in [0.2, 0.25) is 0 Å². The lowest BCUT2D eigenvalue weighted by atomic mass is 10.4. The van der Waals surface area contributed by atoms with E-state index in [0.717, 1.165) is 0 Å². The fourth-order valence-corrected chi connectivity index (χ4v) is 4.15. The number of halogens is 1. The smallest absolute Gasteiger partial charge is 0.288 e. The zero-order valence-corrected chi connectivity index (χ0v) is 14.5. The van der Waals surface area contributed by atoms with Gasteiger partial charge in [0.1, 0.15) is 11.2 Å². The summed E-state index contributed by atoms with van der Waals surface area (Å²) >= 11 is 5.81. The highest BCUT2D eigenvalue weighted by molar-refractivity contribution is 7.87. The lowest BCUT2D eigenvalue weighted by molar-refractivity contribution is -0.234. The van der Waals surface area contributed by atoms with E-state index >= 15 is 0 Å². The topological polar surface area (TPSA) is 78.9 Å². The van der Waals surface area contributed by atoms with E-state index in [1.165, 1.54) is 18.2 Å². The van der Waals surface area contributed by atoms with Gasteiger partial charge in [-0.15, -0.1) is 0 Å². The van der Waals surface area contributed by atoms with Crippen molar-refractivity contribution >= 4 is 29.1 Å². The third kappa shape index (κ3) is 5.70. The Morgan fingerprint density at radius 2 is 1.90 bits per heavy atom. The maximum absolute atomic E-state index is 12.3. The zero-order chi connectivity index (χ0) is 16.1. The highest BCUT2D eigenvalue weighted by Gasteiger charge is 2.28. The summed E-state index contributed by atoms with van der Waals surface area (Å²) in [5, 5.41) is 0.0307. The fraction of sp³-hybridized carbons (Fsp3) is 0.500. The van der Waals surface area contributed by atoms with Gasteiger partial charge in [-0.1, -0.05) is 30.7 Å². The molecule has 0 saturated carbocycles. The van der Waals surface area contributed by atoms with Gasteiger partial charge in [0, 0.05) is 6.16 Å². The largest absolute Gasteiger partial charge is 0.298 e. The van der Waals surface area contributed by atoms with E-state index in [-0.39, 0.29) is 22.2 Å². The predicted molar refractivity (Wildman–Crippen MR) is 80.0 cm³/mol. The molecule has 6 nitrogen and oxygen atoms in total. The maximum atomic E-state index is 12.3. The second-order valence-corrected chi connectivity index (χ2v) is 9.14. The van der Waals surface area contributed by atoms with Crippen LogP contribution in [0.15, 0.2) is 29.2 Å². The van der Waals surface area contributed by atoms with Gasteiger partial charge in [0.15, 0.2) is 0 Å². The van der Waals surface area contributed by atoms with Crippen molar-refractivity contribution in [3.05, 3.63) is 29.3 Å². The molecule has 0 aliphatic heterocycles. The molecule has 0 heterocycles. The first-order chi connectivity index (χ1) is 9.70. The molecule has 0 aliphatic rings. The van der Waals surface area contributed by atoms with Crippen LogP contribution in [0.25, 0.3) is 0 Å². The van der Waals surface area contributed by atoms with Crippen LogP contribution in [0.5, 0.6) is 0 Å². The van der Waals surface area contributed by atoms with Crippen LogP contribution < -0.4 is 0 Å². The molecule has 0 aromatic heterocycles. The van der Waals surface area contributed by atoms with Gasteiger partial charge in [-0.25, -0.2) is 4.89 Å². The van der Waals surface area contributed by atoms with E-state index in [1.54, 1.807) is 26.8 Å².